The van der Waals surface area contributed by atoms with Crippen LogP contribution in [-0.2, 0) is 19.9 Å². The molecular formula is C15H20N4. The molecule has 0 saturated carbocycles. The number of fused-ring (bicyclic) bond motifs is 1. The minimum absolute atomic E-state index is 0.123. The van der Waals surface area contributed by atoms with Gasteiger partial charge in [-0.25, -0.2) is 0 Å². The first-order chi connectivity index (χ1) is 9.24. The highest BCUT2D eigenvalue weighted by molar-refractivity contribution is 5.33. The summed E-state index contributed by atoms with van der Waals surface area (Å²) in [7, 11) is 1.89. The summed E-state index contributed by atoms with van der Waals surface area (Å²) in [5.74, 6) is 0.451. The highest BCUT2D eigenvalue weighted by Crippen LogP contribution is 2.33. The number of nitrogens with two attached hydrogens (primary N) is 1. The van der Waals surface area contributed by atoms with Crippen molar-refractivity contribution in [3.63, 3.8) is 0 Å². The lowest BCUT2D eigenvalue weighted by Gasteiger charge is -2.29. The second-order valence-corrected chi connectivity index (χ2v) is 5.45. The number of aromatic nitrogens is 3. The second kappa shape index (κ2) is 5.13. The Morgan fingerprint density at radius 2 is 2.26 bits per heavy atom. The van der Waals surface area contributed by atoms with Gasteiger partial charge in [0.2, 0.25) is 0 Å². The Hall–Kier alpha value is -1.68. The Kier molecular flexibility index (Phi) is 3.34. The maximum atomic E-state index is 6.43. The zero-order chi connectivity index (χ0) is 13.2. The average Bonchev–Trinajstić information content (AvgIpc) is 2.83. The lowest BCUT2D eigenvalue weighted by atomic mass is 9.78. The summed E-state index contributed by atoms with van der Waals surface area (Å²) < 4.78 is 1.73. The molecule has 2 aromatic rings. The molecule has 0 amide bonds. The van der Waals surface area contributed by atoms with E-state index in [0.717, 1.165) is 12.1 Å². The van der Waals surface area contributed by atoms with E-state index in [4.69, 9.17) is 5.73 Å². The third-order valence-corrected chi connectivity index (χ3v) is 4.03. The van der Waals surface area contributed by atoms with Crippen LogP contribution in [0, 0.1) is 0 Å². The predicted molar refractivity (Wildman–Crippen MR) is 74.8 cm³/mol. The van der Waals surface area contributed by atoms with Gasteiger partial charge in [0.05, 0.1) is 5.69 Å². The second-order valence-electron chi connectivity index (χ2n) is 5.45. The number of rotatable bonds is 3. The largest absolute Gasteiger partial charge is 0.327 e. The summed E-state index contributed by atoms with van der Waals surface area (Å²) in [6.07, 6.45) is 6.35. The lowest BCUT2D eigenvalue weighted by Crippen LogP contribution is -2.33. The molecule has 0 radical (unpaired) electrons. The summed E-state index contributed by atoms with van der Waals surface area (Å²) in [5, 5.41) is 8.11. The number of nitrogens with zero attached hydrogens (tertiary/aromatic N) is 3. The van der Waals surface area contributed by atoms with E-state index >= 15 is 0 Å². The van der Waals surface area contributed by atoms with Crippen LogP contribution in [0.15, 0.2) is 30.5 Å². The molecule has 19 heavy (non-hydrogen) atoms. The van der Waals surface area contributed by atoms with E-state index in [1.807, 2.05) is 13.2 Å². The fourth-order valence-electron chi connectivity index (χ4n) is 3.11. The van der Waals surface area contributed by atoms with Crippen LogP contribution in [0.3, 0.4) is 0 Å². The molecule has 0 fully saturated rings. The first-order valence-corrected chi connectivity index (χ1v) is 6.92. The van der Waals surface area contributed by atoms with Gasteiger partial charge in [0, 0.05) is 25.7 Å². The molecule has 0 aliphatic heterocycles. The Bertz CT molecular complexity index is 561. The van der Waals surface area contributed by atoms with Gasteiger partial charge in [0.25, 0.3) is 0 Å². The lowest BCUT2D eigenvalue weighted by molar-refractivity contribution is 0.457. The number of benzene rings is 1. The van der Waals surface area contributed by atoms with Gasteiger partial charge in [-0.15, -0.1) is 5.10 Å². The van der Waals surface area contributed by atoms with E-state index in [-0.39, 0.29) is 6.04 Å². The van der Waals surface area contributed by atoms with Crippen molar-refractivity contribution in [2.45, 2.75) is 37.6 Å². The summed E-state index contributed by atoms with van der Waals surface area (Å²) in [6.45, 7) is 0. The summed E-state index contributed by atoms with van der Waals surface area (Å²) >= 11 is 0. The van der Waals surface area contributed by atoms with E-state index in [1.54, 1.807) is 4.68 Å². The van der Waals surface area contributed by atoms with Crippen molar-refractivity contribution in [3.8, 4) is 0 Å². The fraction of sp³-hybridized carbons (Fsp3) is 0.467. The van der Waals surface area contributed by atoms with Crippen LogP contribution < -0.4 is 5.73 Å². The van der Waals surface area contributed by atoms with Crippen LogP contribution in [0.25, 0.3) is 0 Å². The van der Waals surface area contributed by atoms with E-state index in [0.29, 0.717) is 5.92 Å². The topological polar surface area (TPSA) is 56.7 Å². The first-order valence-electron chi connectivity index (χ1n) is 6.92. The van der Waals surface area contributed by atoms with Gasteiger partial charge < -0.3 is 5.73 Å². The standard InChI is InChI=1S/C15H20N4/c1-19-10-12(17-18-19)9-15(16)14-8-4-6-11-5-2-3-7-13(11)14/h2-3,5,7,10,14-15H,4,6,8-9,16H2,1H3. The summed E-state index contributed by atoms with van der Waals surface area (Å²) in [5.41, 5.74) is 10.3. The van der Waals surface area contributed by atoms with E-state index in [1.165, 1.54) is 30.4 Å². The third-order valence-electron chi connectivity index (χ3n) is 4.03. The van der Waals surface area contributed by atoms with Crippen molar-refractivity contribution in [2.75, 3.05) is 0 Å². The molecule has 4 nitrogen and oxygen atoms in total. The van der Waals surface area contributed by atoms with E-state index in [9.17, 15) is 0 Å². The molecule has 0 saturated heterocycles. The summed E-state index contributed by atoms with van der Waals surface area (Å²) in [6, 6.07) is 8.83. The monoisotopic (exact) mass is 256 g/mol. The Labute approximate surface area is 113 Å². The van der Waals surface area contributed by atoms with Crippen LogP contribution in [0.5, 0.6) is 0 Å². The van der Waals surface area contributed by atoms with Gasteiger partial charge in [-0.3, -0.25) is 4.68 Å². The highest BCUT2D eigenvalue weighted by Gasteiger charge is 2.25. The molecule has 0 bridgehead atoms. The highest BCUT2D eigenvalue weighted by atomic mass is 15.4. The average molecular weight is 256 g/mol. The molecule has 1 aliphatic carbocycles. The Balaban J connectivity index is 1.79. The van der Waals surface area contributed by atoms with Crippen LogP contribution in [-0.4, -0.2) is 21.0 Å². The normalized spacial score (nSPS) is 20.0. The van der Waals surface area contributed by atoms with Crippen molar-refractivity contribution >= 4 is 0 Å². The molecule has 1 aromatic heterocycles. The zero-order valence-corrected chi connectivity index (χ0v) is 11.3. The third kappa shape index (κ3) is 2.54. The number of hydrogen-bond acceptors (Lipinski definition) is 3. The Morgan fingerprint density at radius 3 is 3.05 bits per heavy atom. The van der Waals surface area contributed by atoms with Crippen LogP contribution >= 0.6 is 0 Å². The molecule has 2 atom stereocenters. The SMILES string of the molecule is Cn1cc(CC(N)C2CCCc3ccccc32)nn1. The Morgan fingerprint density at radius 1 is 1.42 bits per heavy atom. The van der Waals surface area contributed by atoms with Gasteiger partial charge in [-0.2, -0.15) is 0 Å². The van der Waals surface area contributed by atoms with Crippen LogP contribution in [0.4, 0.5) is 0 Å². The van der Waals surface area contributed by atoms with E-state index < -0.39 is 0 Å². The van der Waals surface area contributed by atoms with Crippen molar-refractivity contribution in [2.24, 2.45) is 12.8 Å². The van der Waals surface area contributed by atoms with E-state index in [2.05, 4.69) is 34.6 Å². The van der Waals surface area contributed by atoms with Gasteiger partial charge >= 0.3 is 0 Å². The van der Waals surface area contributed by atoms with Gasteiger partial charge in [-0.1, -0.05) is 29.5 Å². The molecule has 3 rings (SSSR count). The minimum atomic E-state index is 0.123. The molecule has 2 unspecified atom stereocenters. The molecule has 4 heteroatoms. The molecule has 0 spiro atoms. The van der Waals surface area contributed by atoms with Crippen LogP contribution in [0.2, 0.25) is 0 Å². The van der Waals surface area contributed by atoms with Gasteiger partial charge in [0.15, 0.2) is 0 Å². The molecule has 100 valence electrons. The fourth-order valence-corrected chi connectivity index (χ4v) is 3.11. The molecule has 1 heterocycles. The predicted octanol–water partition coefficient (Wildman–Crippen LogP) is 1.80. The molecule has 2 N–H and O–H groups in total. The zero-order valence-electron chi connectivity index (χ0n) is 11.3. The smallest absolute Gasteiger partial charge is 0.0842 e. The quantitative estimate of drug-likeness (QED) is 0.911. The van der Waals surface area contributed by atoms with Crippen LogP contribution in [0.1, 0.15) is 35.6 Å². The molecule has 1 aromatic carbocycles. The number of hydrogen-bond donors (Lipinski definition) is 1. The summed E-state index contributed by atoms with van der Waals surface area (Å²) in [4.78, 5) is 0. The molecular weight excluding hydrogens is 236 g/mol. The van der Waals surface area contributed by atoms with Crippen molar-refractivity contribution in [3.05, 3.63) is 47.3 Å². The van der Waals surface area contributed by atoms with Gasteiger partial charge in [-0.05, 0) is 36.3 Å². The minimum Gasteiger partial charge on any atom is -0.327 e. The van der Waals surface area contributed by atoms with Gasteiger partial charge in [0.1, 0.15) is 0 Å². The van der Waals surface area contributed by atoms with Crippen molar-refractivity contribution < 1.29 is 0 Å². The maximum absolute atomic E-state index is 6.43. The van der Waals surface area contributed by atoms with Crippen molar-refractivity contribution in [1.29, 1.82) is 0 Å². The van der Waals surface area contributed by atoms with Crippen molar-refractivity contribution in [1.82, 2.24) is 15.0 Å². The number of aryl methyl sites for hydroxylation is 2. The maximum Gasteiger partial charge on any atom is 0.0842 e. The molecule has 1 aliphatic rings. The first kappa shape index (κ1) is 12.4.